The van der Waals surface area contributed by atoms with E-state index in [9.17, 15) is 14.7 Å². The van der Waals surface area contributed by atoms with Gasteiger partial charge in [0.1, 0.15) is 12.4 Å². The van der Waals surface area contributed by atoms with Crippen LogP contribution in [0.15, 0.2) is 47.3 Å². The molecule has 0 aliphatic carbocycles. The zero-order valence-electron chi connectivity index (χ0n) is 18.0. The first-order valence-electron chi connectivity index (χ1n) is 10.4. The van der Waals surface area contributed by atoms with Crippen LogP contribution >= 0.6 is 0 Å². The van der Waals surface area contributed by atoms with Crippen LogP contribution in [-0.2, 0) is 23.4 Å². The second-order valence-electron chi connectivity index (χ2n) is 8.46. The number of aryl methyl sites for hydroxylation is 2. The minimum Gasteiger partial charge on any atom is -0.493 e. The Morgan fingerprint density at radius 2 is 1.84 bits per heavy atom. The van der Waals surface area contributed by atoms with Crippen molar-refractivity contribution in [3.05, 3.63) is 80.9 Å². The van der Waals surface area contributed by atoms with Crippen molar-refractivity contribution in [1.82, 2.24) is 14.9 Å². The Hall–Kier alpha value is -3.48. The average molecular weight is 421 g/mol. The van der Waals surface area contributed by atoms with Crippen molar-refractivity contribution in [3.63, 3.8) is 0 Å². The van der Waals surface area contributed by atoms with Crippen molar-refractivity contribution in [3.8, 4) is 11.6 Å². The average Bonchev–Trinajstić information content (AvgIpc) is 3.22. The third-order valence-electron chi connectivity index (χ3n) is 6.16. The summed E-state index contributed by atoms with van der Waals surface area (Å²) >= 11 is 0. The van der Waals surface area contributed by atoms with Gasteiger partial charge in [0.05, 0.1) is 17.7 Å². The number of likely N-dealkylation sites (tertiary alicyclic amines) is 1. The van der Waals surface area contributed by atoms with Gasteiger partial charge in [0.25, 0.3) is 0 Å². The number of aromatic amines is 2. The van der Waals surface area contributed by atoms with Crippen molar-refractivity contribution in [2.75, 3.05) is 6.54 Å². The van der Waals surface area contributed by atoms with Gasteiger partial charge < -0.3 is 19.7 Å². The molecule has 0 radical (unpaired) electrons. The third kappa shape index (κ3) is 4.08. The fourth-order valence-corrected chi connectivity index (χ4v) is 4.09. The molecule has 3 aromatic rings. The number of ether oxygens (including phenoxy) is 1. The van der Waals surface area contributed by atoms with E-state index in [-0.39, 0.29) is 18.3 Å². The summed E-state index contributed by atoms with van der Waals surface area (Å²) in [4.78, 5) is 30.9. The van der Waals surface area contributed by atoms with Gasteiger partial charge in [-0.1, -0.05) is 35.9 Å². The molecule has 3 N–H and O–H groups in total. The van der Waals surface area contributed by atoms with Gasteiger partial charge in [0, 0.05) is 6.54 Å². The minimum atomic E-state index is -0.655. The molecular formula is C24H27N3O4. The monoisotopic (exact) mass is 421 g/mol. The number of hydrogen-bond donors (Lipinski definition) is 3. The van der Waals surface area contributed by atoms with Crippen molar-refractivity contribution < 1.29 is 14.6 Å². The molecule has 162 valence electrons. The number of H-pyrrole nitrogens is 2. The number of aromatic hydroxyl groups is 1. The zero-order valence-corrected chi connectivity index (χ0v) is 18.0. The summed E-state index contributed by atoms with van der Waals surface area (Å²) in [5, 5.41) is 9.78. The normalized spacial score (nSPS) is 18.5. The molecule has 1 fully saturated rings. The van der Waals surface area contributed by atoms with Crippen LogP contribution in [0.3, 0.4) is 0 Å². The molecule has 7 heteroatoms. The lowest BCUT2D eigenvalue weighted by atomic mass is 9.81. The van der Waals surface area contributed by atoms with Crippen LogP contribution in [-0.4, -0.2) is 32.4 Å². The van der Waals surface area contributed by atoms with Crippen molar-refractivity contribution in [2.24, 2.45) is 0 Å². The second kappa shape index (κ2) is 7.98. The molecule has 2 aromatic carbocycles. The Bertz CT molecular complexity index is 1160. The summed E-state index contributed by atoms with van der Waals surface area (Å²) in [6.45, 7) is 7.27. The maximum atomic E-state index is 13.1. The second-order valence-corrected chi connectivity index (χ2v) is 8.46. The molecule has 1 aliphatic rings. The largest absolute Gasteiger partial charge is 0.493 e. The predicted octanol–water partition coefficient (Wildman–Crippen LogP) is 3.29. The van der Waals surface area contributed by atoms with Gasteiger partial charge in [-0.2, -0.15) is 0 Å². The van der Waals surface area contributed by atoms with E-state index in [1.54, 1.807) is 4.90 Å². The molecule has 4 rings (SSSR count). The predicted molar refractivity (Wildman–Crippen MR) is 117 cm³/mol. The highest BCUT2D eigenvalue weighted by Gasteiger charge is 2.44. The van der Waals surface area contributed by atoms with E-state index < -0.39 is 11.1 Å². The topological polar surface area (TPSA) is 98.4 Å². The molecule has 0 bridgehead atoms. The lowest BCUT2D eigenvalue weighted by Gasteiger charge is -2.24. The highest BCUT2D eigenvalue weighted by Crippen LogP contribution is 2.37. The van der Waals surface area contributed by atoms with Crippen LogP contribution in [0.1, 0.15) is 41.3 Å². The van der Waals surface area contributed by atoms with E-state index in [1.807, 2.05) is 31.2 Å². The van der Waals surface area contributed by atoms with Crippen molar-refractivity contribution >= 4 is 5.91 Å². The fourth-order valence-electron chi connectivity index (χ4n) is 4.09. The Kier molecular flexibility index (Phi) is 5.35. The van der Waals surface area contributed by atoms with Crippen LogP contribution in [0.2, 0.25) is 0 Å². The maximum absolute atomic E-state index is 13.1. The number of benzene rings is 2. The standard InChI is InChI=1S/C24H27N3O4/c1-15-4-5-16(2)17(12-15)14-31-19-8-6-18(7-9-19)24(3)10-11-27(22(24)29)13-20-21(28)26-23(30)25-20/h4-9,12,28H,10-11,13-14H2,1-3H3,(H2,25,26,30). The third-order valence-corrected chi connectivity index (χ3v) is 6.16. The summed E-state index contributed by atoms with van der Waals surface area (Å²) in [5.74, 6) is 0.500. The Morgan fingerprint density at radius 3 is 2.52 bits per heavy atom. The van der Waals surface area contributed by atoms with E-state index in [0.717, 1.165) is 16.9 Å². The lowest BCUT2D eigenvalue weighted by Crippen LogP contribution is -2.35. The molecule has 31 heavy (non-hydrogen) atoms. The number of carbonyl (C=O) groups excluding carboxylic acids is 1. The summed E-state index contributed by atoms with van der Waals surface area (Å²) in [5.41, 5.74) is 3.65. The van der Waals surface area contributed by atoms with E-state index in [2.05, 4.69) is 42.0 Å². The van der Waals surface area contributed by atoms with Gasteiger partial charge in [-0.3, -0.25) is 9.78 Å². The Labute approximate surface area is 180 Å². The number of nitrogens with one attached hydrogen (secondary N) is 2. The quantitative estimate of drug-likeness (QED) is 0.569. The number of aromatic nitrogens is 2. The number of nitrogens with zero attached hydrogens (tertiary/aromatic N) is 1. The molecule has 2 heterocycles. The molecule has 7 nitrogen and oxygen atoms in total. The Balaban J connectivity index is 1.44. The van der Waals surface area contributed by atoms with E-state index in [0.29, 0.717) is 25.3 Å². The fraction of sp³-hybridized carbons (Fsp3) is 0.333. The van der Waals surface area contributed by atoms with Crippen LogP contribution in [0.4, 0.5) is 0 Å². The molecule has 0 spiro atoms. The van der Waals surface area contributed by atoms with Crippen LogP contribution in [0.25, 0.3) is 0 Å². The van der Waals surface area contributed by atoms with E-state index in [4.69, 9.17) is 4.74 Å². The van der Waals surface area contributed by atoms with Gasteiger partial charge in [-0.05, 0) is 56.0 Å². The van der Waals surface area contributed by atoms with Crippen LogP contribution in [0.5, 0.6) is 11.6 Å². The highest BCUT2D eigenvalue weighted by molar-refractivity contribution is 5.90. The molecule has 1 atom stereocenters. The SMILES string of the molecule is Cc1ccc(C)c(COc2ccc(C3(C)CCN(Cc4[nH]c(=O)[nH]c4O)C3=O)cc2)c1. The van der Waals surface area contributed by atoms with E-state index in [1.165, 1.54) is 11.1 Å². The minimum absolute atomic E-state index is 0.0296. The highest BCUT2D eigenvalue weighted by atomic mass is 16.5. The number of amides is 1. The first-order chi connectivity index (χ1) is 14.8. The number of carbonyl (C=O) groups is 1. The zero-order chi connectivity index (χ0) is 22.2. The van der Waals surface area contributed by atoms with Crippen LogP contribution in [0, 0.1) is 13.8 Å². The maximum Gasteiger partial charge on any atom is 0.326 e. The van der Waals surface area contributed by atoms with Gasteiger partial charge in [-0.25, -0.2) is 4.79 Å². The summed E-state index contributed by atoms with van der Waals surface area (Å²) in [6.07, 6.45) is 0.657. The van der Waals surface area contributed by atoms with Crippen LogP contribution < -0.4 is 10.4 Å². The molecule has 1 saturated heterocycles. The Morgan fingerprint density at radius 1 is 1.10 bits per heavy atom. The van der Waals surface area contributed by atoms with Gasteiger partial charge >= 0.3 is 5.69 Å². The number of hydrogen-bond acceptors (Lipinski definition) is 4. The molecule has 1 amide bonds. The first kappa shape index (κ1) is 20.8. The van der Waals surface area contributed by atoms with Gasteiger partial charge in [0.2, 0.25) is 11.8 Å². The molecule has 1 aromatic heterocycles. The number of imidazole rings is 1. The van der Waals surface area contributed by atoms with Crippen molar-refractivity contribution in [1.29, 1.82) is 0 Å². The first-order valence-corrected chi connectivity index (χ1v) is 10.4. The summed E-state index contributed by atoms with van der Waals surface area (Å²) in [7, 11) is 0. The summed E-state index contributed by atoms with van der Waals surface area (Å²) < 4.78 is 5.96. The smallest absolute Gasteiger partial charge is 0.326 e. The summed E-state index contributed by atoms with van der Waals surface area (Å²) in [6, 6.07) is 14.0. The van der Waals surface area contributed by atoms with E-state index >= 15 is 0 Å². The van der Waals surface area contributed by atoms with Gasteiger partial charge in [0.15, 0.2) is 0 Å². The van der Waals surface area contributed by atoms with Gasteiger partial charge in [-0.15, -0.1) is 0 Å². The van der Waals surface area contributed by atoms with Crippen molar-refractivity contribution in [2.45, 2.75) is 45.8 Å². The number of rotatable bonds is 6. The molecule has 1 aliphatic heterocycles. The molecule has 1 unspecified atom stereocenters. The lowest BCUT2D eigenvalue weighted by molar-refractivity contribution is -0.132. The molecular weight excluding hydrogens is 394 g/mol. The molecule has 0 saturated carbocycles.